The molecule has 2 aromatic heterocycles. The Morgan fingerprint density at radius 1 is 1.04 bits per heavy atom. The van der Waals surface area contributed by atoms with Crippen molar-refractivity contribution in [1.82, 2.24) is 19.9 Å². The van der Waals surface area contributed by atoms with E-state index in [1.165, 1.54) is 12.0 Å². The predicted molar refractivity (Wildman–Crippen MR) is 109 cm³/mol. The van der Waals surface area contributed by atoms with Crippen LogP contribution in [0.3, 0.4) is 0 Å². The monoisotopic (exact) mass is 359 g/mol. The van der Waals surface area contributed by atoms with Gasteiger partial charge in [-0.15, -0.1) is 0 Å². The molecule has 3 aromatic rings. The lowest BCUT2D eigenvalue weighted by molar-refractivity contribution is 0.248. The molecule has 1 fully saturated rings. The molecule has 5 nitrogen and oxygen atoms in total. The lowest BCUT2D eigenvalue weighted by Gasteiger charge is -2.29. The molecule has 1 N–H and O–H groups in total. The summed E-state index contributed by atoms with van der Waals surface area (Å²) >= 11 is 0. The van der Waals surface area contributed by atoms with Crippen molar-refractivity contribution in [2.45, 2.75) is 25.7 Å². The molecule has 0 radical (unpaired) electrons. The molecule has 0 saturated carbocycles. The van der Waals surface area contributed by atoms with Gasteiger partial charge >= 0.3 is 0 Å². The maximum absolute atomic E-state index is 4.92. The van der Waals surface area contributed by atoms with Crippen LogP contribution >= 0.6 is 0 Å². The first-order valence-corrected chi connectivity index (χ1v) is 9.50. The molecule has 0 amide bonds. The van der Waals surface area contributed by atoms with Crippen molar-refractivity contribution in [3.63, 3.8) is 0 Å². The van der Waals surface area contributed by atoms with E-state index < -0.39 is 0 Å². The Morgan fingerprint density at radius 3 is 2.67 bits per heavy atom. The largest absolute Gasteiger partial charge is 0.325 e. The molecule has 0 bridgehead atoms. The Bertz CT molecular complexity index is 910. The number of aromatic nitrogens is 3. The van der Waals surface area contributed by atoms with E-state index in [0.29, 0.717) is 5.92 Å². The SMILES string of the molecule is Cc1ccnc(Nc2cc(C3CCCN(C)C3)nc(-c3ccccc3)n2)c1. The Morgan fingerprint density at radius 2 is 1.89 bits per heavy atom. The number of nitrogens with one attached hydrogen (secondary N) is 1. The molecule has 1 aliphatic rings. The van der Waals surface area contributed by atoms with Crippen molar-refractivity contribution >= 4 is 11.6 Å². The van der Waals surface area contributed by atoms with Gasteiger partial charge in [0.2, 0.25) is 0 Å². The van der Waals surface area contributed by atoms with Crippen molar-refractivity contribution in [1.29, 1.82) is 0 Å². The lowest BCUT2D eigenvalue weighted by atomic mass is 9.94. The van der Waals surface area contributed by atoms with Crippen molar-refractivity contribution in [2.24, 2.45) is 0 Å². The Hall–Kier alpha value is -2.79. The number of likely N-dealkylation sites (tertiary alicyclic amines) is 1. The Labute approximate surface area is 160 Å². The van der Waals surface area contributed by atoms with Gasteiger partial charge in [0.25, 0.3) is 0 Å². The molecular formula is C22H25N5. The zero-order valence-corrected chi connectivity index (χ0v) is 15.9. The Balaban J connectivity index is 1.72. The fourth-order valence-electron chi connectivity index (χ4n) is 3.60. The first-order valence-electron chi connectivity index (χ1n) is 9.50. The molecule has 0 aliphatic carbocycles. The van der Waals surface area contributed by atoms with Crippen LogP contribution < -0.4 is 5.32 Å². The molecule has 1 aromatic carbocycles. The molecule has 3 heterocycles. The van der Waals surface area contributed by atoms with Gasteiger partial charge < -0.3 is 10.2 Å². The number of piperidine rings is 1. The number of likely N-dealkylation sites (N-methyl/N-ethyl adjacent to an activating group) is 1. The summed E-state index contributed by atoms with van der Waals surface area (Å²) in [6.07, 6.45) is 4.18. The van der Waals surface area contributed by atoms with Gasteiger partial charge in [0.15, 0.2) is 5.82 Å². The van der Waals surface area contributed by atoms with Gasteiger partial charge in [-0.25, -0.2) is 15.0 Å². The maximum atomic E-state index is 4.92. The molecule has 1 unspecified atom stereocenters. The Kier molecular flexibility index (Phi) is 5.12. The van der Waals surface area contributed by atoms with Crippen LogP contribution in [0.1, 0.15) is 30.0 Å². The minimum absolute atomic E-state index is 0.431. The van der Waals surface area contributed by atoms with Crippen LogP contribution in [0.5, 0.6) is 0 Å². The molecule has 4 rings (SSSR count). The normalized spacial score (nSPS) is 17.6. The summed E-state index contributed by atoms with van der Waals surface area (Å²) in [4.78, 5) is 16.5. The van der Waals surface area contributed by atoms with Crippen molar-refractivity contribution in [3.8, 4) is 11.4 Å². The van der Waals surface area contributed by atoms with Gasteiger partial charge in [-0.1, -0.05) is 30.3 Å². The third kappa shape index (κ3) is 4.31. The molecular weight excluding hydrogens is 334 g/mol. The van der Waals surface area contributed by atoms with Crippen molar-refractivity contribution in [2.75, 3.05) is 25.5 Å². The van der Waals surface area contributed by atoms with Crippen LogP contribution in [0.4, 0.5) is 11.6 Å². The van der Waals surface area contributed by atoms with E-state index in [1.54, 1.807) is 0 Å². The third-order valence-corrected chi connectivity index (χ3v) is 4.99. The van der Waals surface area contributed by atoms with Gasteiger partial charge in [0.1, 0.15) is 11.6 Å². The van der Waals surface area contributed by atoms with Gasteiger partial charge in [-0.2, -0.15) is 0 Å². The van der Waals surface area contributed by atoms with Gasteiger partial charge in [-0.3, -0.25) is 0 Å². The summed E-state index contributed by atoms with van der Waals surface area (Å²) in [5, 5.41) is 3.37. The molecule has 138 valence electrons. The van der Waals surface area contributed by atoms with E-state index in [9.17, 15) is 0 Å². The second kappa shape index (κ2) is 7.84. The van der Waals surface area contributed by atoms with Crippen LogP contribution in [-0.4, -0.2) is 40.0 Å². The van der Waals surface area contributed by atoms with Gasteiger partial charge in [-0.05, 0) is 51.1 Å². The van der Waals surface area contributed by atoms with Crippen LogP contribution in [0.25, 0.3) is 11.4 Å². The molecule has 5 heteroatoms. The summed E-state index contributed by atoms with van der Waals surface area (Å²) in [7, 11) is 2.18. The first-order chi connectivity index (χ1) is 13.2. The van der Waals surface area contributed by atoms with E-state index in [-0.39, 0.29) is 0 Å². The quantitative estimate of drug-likeness (QED) is 0.748. The minimum Gasteiger partial charge on any atom is -0.325 e. The van der Waals surface area contributed by atoms with Crippen LogP contribution in [0, 0.1) is 6.92 Å². The second-order valence-corrected chi connectivity index (χ2v) is 7.31. The summed E-state index contributed by atoms with van der Waals surface area (Å²) in [5.41, 5.74) is 3.30. The number of rotatable bonds is 4. The molecule has 27 heavy (non-hydrogen) atoms. The first kappa shape index (κ1) is 17.6. The number of hydrogen-bond donors (Lipinski definition) is 1. The fraction of sp³-hybridized carbons (Fsp3) is 0.318. The number of hydrogen-bond acceptors (Lipinski definition) is 5. The highest BCUT2D eigenvalue weighted by Gasteiger charge is 2.22. The van der Waals surface area contributed by atoms with Crippen LogP contribution in [0.15, 0.2) is 54.7 Å². The maximum Gasteiger partial charge on any atom is 0.161 e. The van der Waals surface area contributed by atoms with Gasteiger partial charge in [0.05, 0.1) is 5.69 Å². The van der Waals surface area contributed by atoms with E-state index >= 15 is 0 Å². The number of nitrogens with zero attached hydrogens (tertiary/aromatic N) is 4. The van der Waals surface area contributed by atoms with E-state index in [4.69, 9.17) is 9.97 Å². The fourth-order valence-corrected chi connectivity index (χ4v) is 3.60. The highest BCUT2D eigenvalue weighted by molar-refractivity contribution is 5.60. The van der Waals surface area contributed by atoms with Crippen LogP contribution in [0.2, 0.25) is 0 Å². The zero-order chi connectivity index (χ0) is 18.6. The van der Waals surface area contributed by atoms with E-state index in [2.05, 4.69) is 47.4 Å². The summed E-state index contributed by atoms with van der Waals surface area (Å²) < 4.78 is 0. The number of benzene rings is 1. The number of pyridine rings is 1. The molecule has 1 saturated heterocycles. The standard InChI is InChI=1S/C22H25N5/c1-16-10-11-23-20(13-16)25-21-14-19(18-9-6-12-27(2)15-18)24-22(26-21)17-7-4-3-5-8-17/h3-5,7-8,10-11,13-14,18H,6,9,12,15H2,1-2H3,(H,23,24,25,26). The highest BCUT2D eigenvalue weighted by atomic mass is 15.1. The molecule has 1 atom stereocenters. The van der Waals surface area contributed by atoms with Crippen molar-refractivity contribution in [3.05, 3.63) is 66.0 Å². The topological polar surface area (TPSA) is 53.9 Å². The minimum atomic E-state index is 0.431. The number of aryl methyl sites for hydroxylation is 1. The van der Waals surface area contributed by atoms with Crippen LogP contribution in [-0.2, 0) is 0 Å². The third-order valence-electron chi connectivity index (χ3n) is 4.99. The average molecular weight is 359 g/mol. The number of anilines is 2. The summed E-state index contributed by atoms with van der Waals surface area (Å²) in [5.74, 6) is 2.79. The highest BCUT2D eigenvalue weighted by Crippen LogP contribution is 2.29. The lowest BCUT2D eigenvalue weighted by Crippen LogP contribution is -2.31. The predicted octanol–water partition coefficient (Wildman–Crippen LogP) is 4.40. The molecule has 1 aliphatic heterocycles. The van der Waals surface area contributed by atoms with Gasteiger partial charge in [0, 0.05) is 30.3 Å². The average Bonchev–Trinajstić information content (AvgIpc) is 2.68. The second-order valence-electron chi connectivity index (χ2n) is 7.31. The van der Waals surface area contributed by atoms with E-state index in [0.717, 1.165) is 48.2 Å². The smallest absolute Gasteiger partial charge is 0.161 e. The van der Waals surface area contributed by atoms with E-state index in [1.807, 2.05) is 36.5 Å². The zero-order valence-electron chi connectivity index (χ0n) is 15.9. The molecule has 0 spiro atoms. The summed E-state index contributed by atoms with van der Waals surface area (Å²) in [6.45, 7) is 4.25. The summed E-state index contributed by atoms with van der Waals surface area (Å²) in [6, 6.07) is 16.3. The van der Waals surface area contributed by atoms with Crippen molar-refractivity contribution < 1.29 is 0 Å².